The van der Waals surface area contributed by atoms with Crippen LogP contribution >= 0.6 is 22.9 Å². The lowest BCUT2D eigenvalue weighted by atomic mass is 10.2. The molecule has 6 nitrogen and oxygen atoms in total. The molecule has 1 aliphatic carbocycles. The Balaban J connectivity index is 1.12. The summed E-state index contributed by atoms with van der Waals surface area (Å²) in [7, 11) is 0. The molecule has 0 spiro atoms. The van der Waals surface area contributed by atoms with Crippen LogP contribution in [0.5, 0.6) is 0 Å². The van der Waals surface area contributed by atoms with Crippen LogP contribution in [0.3, 0.4) is 0 Å². The minimum atomic E-state index is -0.437. The molecule has 0 aromatic carbocycles. The average Bonchev–Trinajstić information content (AvgIpc) is 3.05. The van der Waals surface area contributed by atoms with Crippen molar-refractivity contribution < 1.29 is 9.18 Å². The Labute approximate surface area is 169 Å². The minimum Gasteiger partial charge on any atom is -0.353 e. The van der Waals surface area contributed by atoms with Crippen molar-refractivity contribution in [3.05, 3.63) is 46.7 Å². The van der Waals surface area contributed by atoms with E-state index in [1.165, 1.54) is 11.3 Å². The van der Waals surface area contributed by atoms with Gasteiger partial charge in [-0.25, -0.2) is 9.37 Å². The molecule has 0 radical (unpaired) electrons. The number of halogens is 2. The summed E-state index contributed by atoms with van der Waals surface area (Å²) in [4.78, 5) is 26.8. The number of hydrogen-bond acceptors (Lipinski definition) is 6. The van der Waals surface area contributed by atoms with Crippen molar-refractivity contribution in [3.63, 3.8) is 0 Å². The van der Waals surface area contributed by atoms with Gasteiger partial charge in [-0.15, -0.1) is 11.3 Å². The standard InChI is InChI=1S/C19H17ClFN5OS/c20-19-24-6-14(21)17(25-19)26-8-12-11(13(12)9-26)2-4-23-18(27)15-5-10-1-3-22-7-16(10)28-15/h1,3,5-7,11-13H,2,4,8-9H2,(H,23,27)/t11?,12-,13+. The van der Waals surface area contributed by atoms with Crippen LogP contribution in [-0.2, 0) is 0 Å². The molecule has 3 aromatic heterocycles. The van der Waals surface area contributed by atoms with E-state index in [0.717, 1.165) is 35.8 Å². The zero-order chi connectivity index (χ0) is 19.3. The lowest BCUT2D eigenvalue weighted by Gasteiger charge is -2.21. The molecule has 28 heavy (non-hydrogen) atoms. The summed E-state index contributed by atoms with van der Waals surface area (Å²) < 4.78 is 14.9. The molecule has 1 unspecified atom stereocenters. The quantitative estimate of drug-likeness (QED) is 0.644. The van der Waals surface area contributed by atoms with Gasteiger partial charge in [0.05, 0.1) is 15.8 Å². The van der Waals surface area contributed by atoms with Gasteiger partial charge in [-0.3, -0.25) is 9.78 Å². The van der Waals surface area contributed by atoms with Gasteiger partial charge in [0.15, 0.2) is 11.6 Å². The minimum absolute atomic E-state index is 0.0358. The van der Waals surface area contributed by atoms with Gasteiger partial charge in [-0.2, -0.15) is 4.98 Å². The predicted octanol–water partition coefficient (Wildman–Crippen LogP) is 3.38. The topological polar surface area (TPSA) is 71.0 Å². The highest BCUT2D eigenvalue weighted by Gasteiger charge is 2.55. The molecule has 2 fully saturated rings. The number of hydrogen-bond donors (Lipinski definition) is 1. The molecule has 3 atom stereocenters. The normalized spacial score (nSPS) is 23.1. The van der Waals surface area contributed by atoms with E-state index in [9.17, 15) is 9.18 Å². The summed E-state index contributed by atoms with van der Waals surface area (Å²) in [6.45, 7) is 2.20. The molecular formula is C19H17ClFN5OS. The fraction of sp³-hybridized carbons (Fsp3) is 0.368. The maximum absolute atomic E-state index is 13.9. The van der Waals surface area contributed by atoms with Crippen molar-refractivity contribution in [2.45, 2.75) is 6.42 Å². The number of pyridine rings is 1. The zero-order valence-electron chi connectivity index (χ0n) is 14.8. The van der Waals surface area contributed by atoms with E-state index in [1.807, 2.05) is 17.0 Å². The highest BCUT2D eigenvalue weighted by atomic mass is 35.5. The number of anilines is 1. The molecule has 9 heteroatoms. The Bertz CT molecular complexity index is 1010. The van der Waals surface area contributed by atoms with E-state index >= 15 is 0 Å². The summed E-state index contributed by atoms with van der Waals surface area (Å²) >= 11 is 7.25. The van der Waals surface area contributed by atoms with Crippen LogP contribution in [0.2, 0.25) is 5.28 Å². The Morgan fingerprint density at radius 3 is 2.96 bits per heavy atom. The van der Waals surface area contributed by atoms with Crippen molar-refractivity contribution in [1.29, 1.82) is 0 Å². The zero-order valence-corrected chi connectivity index (χ0v) is 16.4. The Morgan fingerprint density at radius 2 is 2.18 bits per heavy atom. The first-order chi connectivity index (χ1) is 13.6. The maximum Gasteiger partial charge on any atom is 0.261 e. The molecule has 1 saturated carbocycles. The molecule has 1 N–H and O–H groups in total. The monoisotopic (exact) mass is 417 g/mol. The summed E-state index contributed by atoms with van der Waals surface area (Å²) in [5, 5.41) is 4.12. The number of nitrogens with zero attached hydrogens (tertiary/aromatic N) is 4. The van der Waals surface area contributed by atoms with Crippen LogP contribution in [0.4, 0.5) is 10.2 Å². The fourth-order valence-electron chi connectivity index (χ4n) is 4.25. The molecule has 1 aliphatic heterocycles. The summed E-state index contributed by atoms with van der Waals surface area (Å²) in [6.07, 6.45) is 5.56. The highest BCUT2D eigenvalue weighted by Crippen LogP contribution is 2.54. The number of carbonyl (C=O) groups is 1. The van der Waals surface area contributed by atoms with Gasteiger partial charge >= 0.3 is 0 Å². The van der Waals surface area contributed by atoms with Gasteiger partial charge in [-0.1, -0.05) is 0 Å². The van der Waals surface area contributed by atoms with Gasteiger partial charge in [0.25, 0.3) is 5.91 Å². The van der Waals surface area contributed by atoms with Crippen LogP contribution < -0.4 is 10.2 Å². The van der Waals surface area contributed by atoms with E-state index in [4.69, 9.17) is 11.6 Å². The molecule has 144 valence electrons. The van der Waals surface area contributed by atoms with Gasteiger partial charge in [0, 0.05) is 32.0 Å². The molecule has 3 aromatic rings. The first-order valence-corrected chi connectivity index (χ1v) is 10.3. The van der Waals surface area contributed by atoms with E-state index in [0.29, 0.717) is 35.0 Å². The third-order valence-electron chi connectivity index (χ3n) is 5.68. The Hall–Kier alpha value is -2.32. The predicted molar refractivity (Wildman–Crippen MR) is 106 cm³/mol. The van der Waals surface area contributed by atoms with Gasteiger partial charge in [-0.05, 0) is 53.3 Å². The van der Waals surface area contributed by atoms with Gasteiger partial charge < -0.3 is 10.2 Å². The van der Waals surface area contributed by atoms with Crippen LogP contribution in [-0.4, -0.2) is 40.5 Å². The van der Waals surface area contributed by atoms with Gasteiger partial charge in [0.2, 0.25) is 5.28 Å². The number of nitrogens with one attached hydrogen (secondary N) is 1. The largest absolute Gasteiger partial charge is 0.353 e. The third kappa shape index (κ3) is 3.20. The van der Waals surface area contributed by atoms with Crippen molar-refractivity contribution >= 4 is 44.7 Å². The Kier molecular flexibility index (Phi) is 4.40. The fourth-order valence-corrected chi connectivity index (χ4v) is 5.32. The van der Waals surface area contributed by atoms with Gasteiger partial charge in [0.1, 0.15) is 0 Å². The lowest BCUT2D eigenvalue weighted by molar-refractivity contribution is 0.0956. The number of rotatable bonds is 5. The van der Waals surface area contributed by atoms with Crippen LogP contribution in [0.1, 0.15) is 16.1 Å². The van der Waals surface area contributed by atoms with Crippen LogP contribution in [0, 0.1) is 23.6 Å². The number of carbonyl (C=O) groups excluding carboxylic acids is 1. The van der Waals surface area contributed by atoms with Crippen molar-refractivity contribution in [1.82, 2.24) is 20.3 Å². The van der Waals surface area contributed by atoms with E-state index in [1.54, 1.807) is 12.4 Å². The van der Waals surface area contributed by atoms with E-state index < -0.39 is 5.82 Å². The smallest absolute Gasteiger partial charge is 0.261 e. The van der Waals surface area contributed by atoms with Crippen molar-refractivity contribution in [3.8, 4) is 0 Å². The van der Waals surface area contributed by atoms with E-state index in [2.05, 4.69) is 20.3 Å². The molecule has 5 rings (SSSR count). The average molecular weight is 418 g/mol. The molecule has 1 saturated heterocycles. The number of piperidine rings is 1. The lowest BCUT2D eigenvalue weighted by Crippen LogP contribution is -2.28. The first-order valence-electron chi connectivity index (χ1n) is 9.15. The third-order valence-corrected chi connectivity index (χ3v) is 6.94. The second-order valence-electron chi connectivity index (χ2n) is 7.28. The van der Waals surface area contributed by atoms with Crippen LogP contribution in [0.15, 0.2) is 30.7 Å². The number of fused-ring (bicyclic) bond motifs is 2. The molecule has 0 bridgehead atoms. The molecular weight excluding hydrogens is 401 g/mol. The second kappa shape index (κ2) is 6.93. The Morgan fingerprint density at radius 1 is 1.36 bits per heavy atom. The van der Waals surface area contributed by atoms with Crippen molar-refractivity contribution in [2.75, 3.05) is 24.5 Å². The van der Waals surface area contributed by atoms with Crippen LogP contribution in [0.25, 0.3) is 10.1 Å². The number of amides is 1. The second-order valence-corrected chi connectivity index (χ2v) is 8.70. The first kappa shape index (κ1) is 17.8. The number of aromatic nitrogens is 3. The molecule has 4 heterocycles. The molecule has 2 aliphatic rings. The number of thiophene rings is 1. The SMILES string of the molecule is O=C(NCCC1[C@H]2CN(c3nc(Cl)ncc3F)C[C@@H]12)c1cc2ccncc2s1. The van der Waals surface area contributed by atoms with Crippen molar-refractivity contribution in [2.24, 2.45) is 17.8 Å². The van der Waals surface area contributed by atoms with E-state index in [-0.39, 0.29) is 11.2 Å². The summed E-state index contributed by atoms with van der Waals surface area (Å²) in [6, 6.07) is 3.82. The highest BCUT2D eigenvalue weighted by molar-refractivity contribution is 7.20. The summed E-state index contributed by atoms with van der Waals surface area (Å²) in [5.41, 5.74) is 0. The molecule has 1 amide bonds. The summed E-state index contributed by atoms with van der Waals surface area (Å²) in [5.74, 6) is 1.45. The maximum atomic E-state index is 13.9.